The molecule has 0 bridgehead atoms. The Morgan fingerprint density at radius 3 is 2.19 bits per heavy atom. The average Bonchev–Trinajstić information content (AvgIpc) is 2.73. The molecule has 3 rings (SSSR count). The van der Waals surface area contributed by atoms with Crippen molar-refractivity contribution in [3.8, 4) is 0 Å². The summed E-state index contributed by atoms with van der Waals surface area (Å²) in [6.07, 6.45) is 1.20. The number of carbonyl (C=O) groups is 2. The lowest BCUT2D eigenvalue weighted by atomic mass is 9.92. The standard InChI is InChI=1S/C24H37FN4O2/c1-17-13-18(2)15-29(14-17)23(30)16-27-9-11-28(12-10-27)20(4)24(31)26-19(3)21-5-7-22(25)8-6-21/h5-8,17-20H,9-16H2,1-4H3,(H,26,31)/t17-,18+,19-,20-/m1/s1. The summed E-state index contributed by atoms with van der Waals surface area (Å²) in [4.78, 5) is 31.9. The van der Waals surface area contributed by atoms with Gasteiger partial charge in [0.1, 0.15) is 5.82 Å². The normalized spacial score (nSPS) is 25.1. The third-order valence-corrected chi connectivity index (χ3v) is 6.64. The van der Waals surface area contributed by atoms with E-state index in [1.807, 2.05) is 18.7 Å². The fraction of sp³-hybridized carbons (Fsp3) is 0.667. The molecule has 2 heterocycles. The number of amides is 2. The number of nitrogens with one attached hydrogen (secondary N) is 1. The van der Waals surface area contributed by atoms with Crippen molar-refractivity contribution in [2.45, 2.75) is 46.2 Å². The molecule has 2 amide bonds. The third-order valence-electron chi connectivity index (χ3n) is 6.64. The van der Waals surface area contributed by atoms with E-state index in [-0.39, 0.29) is 29.7 Å². The molecule has 1 aromatic carbocycles. The summed E-state index contributed by atoms with van der Waals surface area (Å²) >= 11 is 0. The first-order valence-corrected chi connectivity index (χ1v) is 11.5. The predicted molar refractivity (Wildman–Crippen MR) is 120 cm³/mol. The van der Waals surface area contributed by atoms with E-state index in [1.165, 1.54) is 18.6 Å². The predicted octanol–water partition coefficient (Wildman–Crippen LogP) is 2.51. The molecular formula is C24H37FN4O2. The number of benzene rings is 1. The van der Waals surface area contributed by atoms with Crippen LogP contribution in [0, 0.1) is 17.7 Å². The van der Waals surface area contributed by atoms with Crippen LogP contribution in [0.2, 0.25) is 0 Å². The Bertz CT molecular complexity index is 738. The molecule has 2 saturated heterocycles. The average molecular weight is 433 g/mol. The van der Waals surface area contributed by atoms with Gasteiger partial charge in [-0.25, -0.2) is 4.39 Å². The first-order valence-electron chi connectivity index (χ1n) is 11.5. The summed E-state index contributed by atoms with van der Waals surface area (Å²) < 4.78 is 13.1. The maximum atomic E-state index is 13.1. The fourth-order valence-electron chi connectivity index (χ4n) is 4.80. The quantitative estimate of drug-likeness (QED) is 0.751. The Kier molecular flexibility index (Phi) is 8.06. The SMILES string of the molecule is C[C@@H]1C[C@H](C)CN(C(=O)CN2CCN([C@H](C)C(=O)N[C@H](C)c3ccc(F)cc3)CC2)C1. The molecule has 0 saturated carbocycles. The zero-order chi connectivity index (χ0) is 22.5. The lowest BCUT2D eigenvalue weighted by Gasteiger charge is -2.39. The van der Waals surface area contributed by atoms with E-state index in [1.54, 1.807) is 12.1 Å². The number of nitrogens with zero attached hydrogens (tertiary/aromatic N) is 3. The Hall–Kier alpha value is -1.99. The van der Waals surface area contributed by atoms with Crippen LogP contribution in [-0.4, -0.2) is 78.4 Å². The van der Waals surface area contributed by atoms with Gasteiger partial charge in [-0.05, 0) is 49.8 Å². The minimum absolute atomic E-state index is 0.0300. The van der Waals surface area contributed by atoms with Gasteiger partial charge in [0.2, 0.25) is 11.8 Å². The summed E-state index contributed by atoms with van der Waals surface area (Å²) in [5, 5.41) is 3.03. The van der Waals surface area contributed by atoms with Crippen LogP contribution in [-0.2, 0) is 9.59 Å². The number of hydrogen-bond acceptors (Lipinski definition) is 4. The monoisotopic (exact) mass is 432 g/mol. The van der Waals surface area contributed by atoms with Crippen molar-refractivity contribution >= 4 is 11.8 Å². The van der Waals surface area contributed by atoms with Gasteiger partial charge in [0.15, 0.2) is 0 Å². The Labute approximate surface area is 185 Å². The van der Waals surface area contributed by atoms with Crippen molar-refractivity contribution in [3.63, 3.8) is 0 Å². The van der Waals surface area contributed by atoms with Gasteiger partial charge in [-0.15, -0.1) is 0 Å². The Morgan fingerprint density at radius 1 is 1.03 bits per heavy atom. The largest absolute Gasteiger partial charge is 0.348 e. The molecule has 0 aliphatic carbocycles. The van der Waals surface area contributed by atoms with E-state index in [0.717, 1.165) is 44.8 Å². The van der Waals surface area contributed by atoms with Crippen molar-refractivity contribution < 1.29 is 14.0 Å². The fourth-order valence-corrected chi connectivity index (χ4v) is 4.80. The second-order valence-electron chi connectivity index (χ2n) is 9.51. The summed E-state index contributed by atoms with van der Waals surface area (Å²) in [6.45, 7) is 13.6. The second kappa shape index (κ2) is 10.6. The number of piperidine rings is 1. The molecule has 0 spiro atoms. The van der Waals surface area contributed by atoms with Gasteiger partial charge in [-0.3, -0.25) is 19.4 Å². The van der Waals surface area contributed by atoms with E-state index in [2.05, 4.69) is 29.0 Å². The minimum atomic E-state index is -0.281. The topological polar surface area (TPSA) is 55.9 Å². The number of carbonyl (C=O) groups excluding carboxylic acids is 2. The van der Waals surface area contributed by atoms with Crippen LogP contribution in [0.5, 0.6) is 0 Å². The van der Waals surface area contributed by atoms with Gasteiger partial charge in [0.25, 0.3) is 0 Å². The van der Waals surface area contributed by atoms with Crippen molar-refractivity contribution in [2.24, 2.45) is 11.8 Å². The summed E-state index contributed by atoms with van der Waals surface area (Å²) in [5.74, 6) is 1.06. The van der Waals surface area contributed by atoms with Crippen molar-refractivity contribution in [1.29, 1.82) is 0 Å². The number of likely N-dealkylation sites (tertiary alicyclic amines) is 1. The molecule has 0 unspecified atom stereocenters. The summed E-state index contributed by atoms with van der Waals surface area (Å²) in [6, 6.07) is 5.79. The van der Waals surface area contributed by atoms with Gasteiger partial charge >= 0.3 is 0 Å². The Morgan fingerprint density at radius 2 is 1.61 bits per heavy atom. The molecule has 31 heavy (non-hydrogen) atoms. The molecule has 2 aliphatic heterocycles. The maximum Gasteiger partial charge on any atom is 0.237 e. The molecule has 172 valence electrons. The van der Waals surface area contributed by atoms with Crippen molar-refractivity contribution in [1.82, 2.24) is 20.0 Å². The lowest BCUT2D eigenvalue weighted by Crippen LogP contribution is -2.56. The van der Waals surface area contributed by atoms with E-state index >= 15 is 0 Å². The highest BCUT2D eigenvalue weighted by molar-refractivity contribution is 5.81. The van der Waals surface area contributed by atoms with Crippen LogP contribution < -0.4 is 5.32 Å². The van der Waals surface area contributed by atoms with Gasteiger partial charge in [-0.1, -0.05) is 26.0 Å². The number of piperazine rings is 1. The van der Waals surface area contributed by atoms with Crippen molar-refractivity contribution in [3.05, 3.63) is 35.6 Å². The lowest BCUT2D eigenvalue weighted by molar-refractivity contribution is -0.136. The van der Waals surface area contributed by atoms with E-state index < -0.39 is 0 Å². The van der Waals surface area contributed by atoms with Gasteiger partial charge in [-0.2, -0.15) is 0 Å². The first-order chi connectivity index (χ1) is 14.7. The maximum absolute atomic E-state index is 13.1. The van der Waals surface area contributed by atoms with E-state index in [4.69, 9.17) is 0 Å². The van der Waals surface area contributed by atoms with Crippen LogP contribution in [0.1, 0.15) is 45.7 Å². The van der Waals surface area contributed by atoms with Crippen molar-refractivity contribution in [2.75, 3.05) is 45.8 Å². The zero-order valence-corrected chi connectivity index (χ0v) is 19.3. The molecule has 0 aromatic heterocycles. The molecule has 2 fully saturated rings. The minimum Gasteiger partial charge on any atom is -0.348 e. The molecule has 7 heteroatoms. The van der Waals surface area contributed by atoms with E-state index in [0.29, 0.717) is 18.4 Å². The molecule has 1 N–H and O–H groups in total. The number of halogens is 1. The second-order valence-corrected chi connectivity index (χ2v) is 9.51. The zero-order valence-electron chi connectivity index (χ0n) is 19.3. The van der Waals surface area contributed by atoms with Crippen LogP contribution in [0.4, 0.5) is 4.39 Å². The summed E-state index contributed by atoms with van der Waals surface area (Å²) in [7, 11) is 0. The summed E-state index contributed by atoms with van der Waals surface area (Å²) in [5.41, 5.74) is 0.881. The van der Waals surface area contributed by atoms with Gasteiger partial charge in [0.05, 0.1) is 18.6 Å². The highest BCUT2D eigenvalue weighted by Gasteiger charge is 2.30. The molecule has 6 nitrogen and oxygen atoms in total. The number of hydrogen-bond donors (Lipinski definition) is 1. The highest BCUT2D eigenvalue weighted by atomic mass is 19.1. The first kappa shape index (κ1) is 23.7. The van der Waals surface area contributed by atoms with E-state index in [9.17, 15) is 14.0 Å². The van der Waals surface area contributed by atoms with Crippen LogP contribution in [0.15, 0.2) is 24.3 Å². The molecule has 4 atom stereocenters. The van der Waals surface area contributed by atoms with Gasteiger partial charge in [0, 0.05) is 39.3 Å². The number of rotatable bonds is 6. The molecular weight excluding hydrogens is 395 g/mol. The smallest absolute Gasteiger partial charge is 0.237 e. The third kappa shape index (κ3) is 6.50. The van der Waals surface area contributed by atoms with Crippen LogP contribution >= 0.6 is 0 Å². The Balaban J connectivity index is 1.43. The van der Waals surface area contributed by atoms with Crippen LogP contribution in [0.3, 0.4) is 0 Å². The van der Waals surface area contributed by atoms with Gasteiger partial charge < -0.3 is 10.2 Å². The highest BCUT2D eigenvalue weighted by Crippen LogP contribution is 2.21. The van der Waals surface area contributed by atoms with Crippen LogP contribution in [0.25, 0.3) is 0 Å². The molecule has 0 radical (unpaired) electrons. The molecule has 1 aromatic rings. The molecule has 2 aliphatic rings.